The van der Waals surface area contributed by atoms with Gasteiger partial charge in [0.15, 0.2) is 0 Å². The average Bonchev–Trinajstić information content (AvgIpc) is 2.30. The molecule has 90 valence electrons. The molecule has 0 heterocycles. The maximum Gasteiger partial charge on any atom is 0.0468 e. The van der Waals surface area contributed by atoms with Gasteiger partial charge in [-0.3, -0.25) is 0 Å². The van der Waals surface area contributed by atoms with Gasteiger partial charge >= 0.3 is 0 Å². The van der Waals surface area contributed by atoms with Crippen LogP contribution in [0, 0.1) is 5.92 Å². The normalized spacial score (nSPS) is 12.7. The molecule has 0 fully saturated rings. The van der Waals surface area contributed by atoms with Crippen molar-refractivity contribution in [2.24, 2.45) is 5.92 Å². The van der Waals surface area contributed by atoms with E-state index in [0.29, 0.717) is 5.92 Å². The monoisotopic (exact) mass is 348 g/mol. The highest BCUT2D eigenvalue weighted by atomic mass is 79.9. The van der Waals surface area contributed by atoms with Crippen molar-refractivity contribution < 1.29 is 4.74 Å². The zero-order valence-electron chi connectivity index (χ0n) is 9.59. The number of halogens is 2. The predicted octanol–water partition coefficient (Wildman–Crippen LogP) is 4.43. The van der Waals surface area contributed by atoms with Crippen molar-refractivity contribution in [1.29, 1.82) is 0 Å². The molecule has 1 unspecified atom stereocenters. The Labute approximate surface area is 115 Å². The molecule has 3 heteroatoms. The molecule has 0 aromatic heterocycles. The molecule has 0 bridgehead atoms. The summed E-state index contributed by atoms with van der Waals surface area (Å²) in [4.78, 5) is 0. The Balaban J connectivity index is 2.46. The molecular weight excluding hydrogens is 332 g/mol. The Bertz CT molecular complexity index is 302. The van der Waals surface area contributed by atoms with E-state index in [4.69, 9.17) is 4.74 Å². The summed E-state index contributed by atoms with van der Waals surface area (Å²) in [5.41, 5.74) is 1.38. The van der Waals surface area contributed by atoms with E-state index in [1.54, 1.807) is 0 Å². The van der Waals surface area contributed by atoms with E-state index in [1.165, 1.54) is 10.0 Å². The zero-order valence-corrected chi connectivity index (χ0v) is 12.8. The average molecular weight is 350 g/mol. The Hall–Kier alpha value is 0.140. The van der Waals surface area contributed by atoms with Crippen LogP contribution >= 0.6 is 31.9 Å². The fourth-order valence-corrected chi connectivity index (χ4v) is 2.60. The van der Waals surface area contributed by atoms with E-state index in [1.807, 2.05) is 6.92 Å². The largest absolute Gasteiger partial charge is 0.382 e. The predicted molar refractivity (Wildman–Crippen MR) is 76.2 cm³/mol. The number of alkyl halides is 1. The Morgan fingerprint density at radius 1 is 1.31 bits per heavy atom. The van der Waals surface area contributed by atoms with Crippen molar-refractivity contribution in [1.82, 2.24) is 0 Å². The third-order valence-electron chi connectivity index (χ3n) is 2.56. The summed E-state index contributed by atoms with van der Waals surface area (Å²) >= 11 is 7.17. The molecule has 0 N–H and O–H groups in total. The van der Waals surface area contributed by atoms with Crippen LogP contribution in [0.5, 0.6) is 0 Å². The minimum absolute atomic E-state index is 0.644. The third kappa shape index (κ3) is 4.98. The Morgan fingerprint density at radius 3 is 2.69 bits per heavy atom. The van der Waals surface area contributed by atoms with Gasteiger partial charge in [0, 0.05) is 23.0 Å². The van der Waals surface area contributed by atoms with E-state index in [2.05, 4.69) is 56.1 Å². The lowest BCUT2D eigenvalue weighted by molar-refractivity contribution is 0.134. The summed E-state index contributed by atoms with van der Waals surface area (Å²) < 4.78 is 6.61. The van der Waals surface area contributed by atoms with Gasteiger partial charge in [-0.15, -0.1) is 0 Å². The van der Waals surface area contributed by atoms with E-state index in [0.717, 1.165) is 31.4 Å². The van der Waals surface area contributed by atoms with Gasteiger partial charge < -0.3 is 4.74 Å². The van der Waals surface area contributed by atoms with Crippen LogP contribution in [0.25, 0.3) is 0 Å². The van der Waals surface area contributed by atoms with Crippen molar-refractivity contribution in [2.75, 3.05) is 18.5 Å². The molecule has 16 heavy (non-hydrogen) atoms. The summed E-state index contributed by atoms with van der Waals surface area (Å²) in [5, 5.41) is 1.03. The first-order valence-corrected chi connectivity index (χ1v) is 7.56. The smallest absolute Gasteiger partial charge is 0.0468 e. The standard InChI is InChI=1S/C13H18Br2O/c1-2-16-8-7-11(10-14)9-12-5-3-4-6-13(12)15/h3-6,11H,2,7-10H2,1H3. The highest BCUT2D eigenvalue weighted by Crippen LogP contribution is 2.22. The number of hydrogen-bond donors (Lipinski definition) is 0. The van der Waals surface area contributed by atoms with Gasteiger partial charge in [0.25, 0.3) is 0 Å². The molecule has 1 rings (SSSR count). The molecule has 0 saturated heterocycles. The van der Waals surface area contributed by atoms with E-state index in [9.17, 15) is 0 Å². The molecule has 1 aromatic carbocycles. The van der Waals surface area contributed by atoms with Crippen LogP contribution in [0.4, 0.5) is 0 Å². The van der Waals surface area contributed by atoms with Gasteiger partial charge in [-0.1, -0.05) is 50.1 Å². The topological polar surface area (TPSA) is 9.23 Å². The number of hydrogen-bond acceptors (Lipinski definition) is 1. The van der Waals surface area contributed by atoms with Gasteiger partial charge in [0.2, 0.25) is 0 Å². The minimum Gasteiger partial charge on any atom is -0.382 e. The number of rotatable bonds is 7. The second-order valence-electron chi connectivity index (χ2n) is 3.80. The van der Waals surface area contributed by atoms with Gasteiger partial charge in [-0.2, -0.15) is 0 Å². The molecular formula is C13H18Br2O. The third-order valence-corrected chi connectivity index (χ3v) is 4.25. The molecule has 1 nitrogen and oxygen atoms in total. The zero-order chi connectivity index (χ0) is 11.8. The summed E-state index contributed by atoms with van der Waals surface area (Å²) in [6, 6.07) is 8.43. The first-order valence-electron chi connectivity index (χ1n) is 5.65. The van der Waals surface area contributed by atoms with E-state index < -0.39 is 0 Å². The van der Waals surface area contributed by atoms with Crippen LogP contribution in [-0.4, -0.2) is 18.5 Å². The van der Waals surface area contributed by atoms with Crippen LogP contribution in [0.1, 0.15) is 18.9 Å². The highest BCUT2D eigenvalue weighted by Gasteiger charge is 2.10. The van der Waals surface area contributed by atoms with Gasteiger partial charge in [0.1, 0.15) is 0 Å². The molecule has 0 aliphatic carbocycles. The van der Waals surface area contributed by atoms with E-state index >= 15 is 0 Å². The van der Waals surface area contributed by atoms with Crippen LogP contribution in [0.15, 0.2) is 28.7 Å². The molecule has 1 aromatic rings. The fourth-order valence-electron chi connectivity index (χ4n) is 1.60. The molecule has 0 amide bonds. The van der Waals surface area contributed by atoms with Gasteiger partial charge in [-0.25, -0.2) is 0 Å². The minimum atomic E-state index is 0.644. The van der Waals surface area contributed by atoms with Crippen LogP contribution < -0.4 is 0 Å². The van der Waals surface area contributed by atoms with Crippen molar-refractivity contribution in [3.63, 3.8) is 0 Å². The van der Waals surface area contributed by atoms with Crippen molar-refractivity contribution in [3.8, 4) is 0 Å². The molecule has 1 atom stereocenters. The van der Waals surface area contributed by atoms with Crippen LogP contribution in [0.2, 0.25) is 0 Å². The second-order valence-corrected chi connectivity index (χ2v) is 5.30. The summed E-state index contributed by atoms with van der Waals surface area (Å²) in [5.74, 6) is 0.644. The van der Waals surface area contributed by atoms with Crippen LogP contribution in [-0.2, 0) is 11.2 Å². The molecule has 0 radical (unpaired) electrons. The lowest BCUT2D eigenvalue weighted by atomic mass is 9.98. The van der Waals surface area contributed by atoms with E-state index in [-0.39, 0.29) is 0 Å². The molecule has 0 aliphatic heterocycles. The van der Waals surface area contributed by atoms with Crippen molar-refractivity contribution in [2.45, 2.75) is 19.8 Å². The first-order chi connectivity index (χ1) is 7.77. The summed E-state index contributed by atoms with van der Waals surface area (Å²) in [6.45, 7) is 3.71. The molecule has 0 spiro atoms. The Kier molecular flexibility index (Phi) is 7.33. The van der Waals surface area contributed by atoms with Crippen LogP contribution in [0.3, 0.4) is 0 Å². The SMILES string of the molecule is CCOCCC(CBr)Cc1ccccc1Br. The fraction of sp³-hybridized carbons (Fsp3) is 0.538. The Morgan fingerprint density at radius 2 is 2.06 bits per heavy atom. The lowest BCUT2D eigenvalue weighted by Gasteiger charge is -2.14. The quantitative estimate of drug-likeness (QED) is 0.522. The highest BCUT2D eigenvalue weighted by molar-refractivity contribution is 9.10. The number of ether oxygens (including phenoxy) is 1. The van der Waals surface area contributed by atoms with Gasteiger partial charge in [0.05, 0.1) is 0 Å². The second kappa shape index (κ2) is 8.26. The first kappa shape index (κ1) is 14.2. The maximum absolute atomic E-state index is 5.40. The van der Waals surface area contributed by atoms with Crippen molar-refractivity contribution in [3.05, 3.63) is 34.3 Å². The van der Waals surface area contributed by atoms with Gasteiger partial charge in [-0.05, 0) is 37.3 Å². The molecule has 0 aliphatic rings. The number of benzene rings is 1. The van der Waals surface area contributed by atoms with Crippen molar-refractivity contribution >= 4 is 31.9 Å². The summed E-state index contributed by atoms with van der Waals surface area (Å²) in [7, 11) is 0. The lowest BCUT2D eigenvalue weighted by Crippen LogP contribution is -2.10. The summed E-state index contributed by atoms with van der Waals surface area (Å²) in [6.07, 6.45) is 2.21. The maximum atomic E-state index is 5.40. The molecule has 0 saturated carbocycles.